The number of sulfonamides is 1. The zero-order chi connectivity index (χ0) is 18.9. The van der Waals surface area contributed by atoms with Crippen LogP contribution in [0.3, 0.4) is 0 Å². The number of methoxy groups -OCH3 is 1. The molecule has 2 fully saturated rings. The molecule has 1 saturated heterocycles. The summed E-state index contributed by atoms with van der Waals surface area (Å²) in [7, 11) is -1.97. The summed E-state index contributed by atoms with van der Waals surface area (Å²) in [5, 5.41) is 4.24. The lowest BCUT2D eigenvalue weighted by molar-refractivity contribution is 0.128. The fraction of sp³-hybridized carbons (Fsp3) is 0.611. The summed E-state index contributed by atoms with van der Waals surface area (Å²) in [4.78, 5) is 8.80. The van der Waals surface area contributed by atoms with Crippen LogP contribution in [0.1, 0.15) is 49.7 Å². The second-order valence-corrected chi connectivity index (χ2v) is 9.32. The molecule has 0 radical (unpaired) electrons. The van der Waals surface area contributed by atoms with E-state index in [4.69, 9.17) is 9.26 Å². The summed E-state index contributed by atoms with van der Waals surface area (Å²) < 4.78 is 38.5. The molecule has 1 unspecified atom stereocenters. The van der Waals surface area contributed by atoms with E-state index in [0.717, 1.165) is 25.7 Å². The van der Waals surface area contributed by atoms with Gasteiger partial charge in [-0.3, -0.25) is 4.98 Å². The van der Waals surface area contributed by atoms with Crippen molar-refractivity contribution in [1.82, 2.24) is 19.4 Å². The van der Waals surface area contributed by atoms with E-state index in [2.05, 4.69) is 15.1 Å². The molecule has 2 aliphatic rings. The van der Waals surface area contributed by atoms with Gasteiger partial charge in [-0.25, -0.2) is 8.42 Å². The van der Waals surface area contributed by atoms with Crippen LogP contribution >= 0.6 is 0 Å². The van der Waals surface area contributed by atoms with Gasteiger partial charge in [0.1, 0.15) is 4.90 Å². The summed E-state index contributed by atoms with van der Waals surface area (Å²) in [5.74, 6) is 1.64. The zero-order valence-electron chi connectivity index (χ0n) is 15.4. The van der Waals surface area contributed by atoms with Crippen LogP contribution in [0.4, 0.5) is 0 Å². The van der Waals surface area contributed by atoms with E-state index < -0.39 is 15.4 Å². The molecular weight excluding hydrogens is 368 g/mol. The summed E-state index contributed by atoms with van der Waals surface area (Å²) in [5.41, 5.74) is -0.500. The summed E-state index contributed by atoms with van der Waals surface area (Å²) in [6, 6.07) is 3.21. The van der Waals surface area contributed by atoms with Gasteiger partial charge in [0, 0.05) is 50.5 Å². The maximum Gasteiger partial charge on any atom is 0.244 e. The van der Waals surface area contributed by atoms with Gasteiger partial charge in [-0.1, -0.05) is 5.16 Å². The van der Waals surface area contributed by atoms with Gasteiger partial charge in [-0.2, -0.15) is 9.29 Å². The van der Waals surface area contributed by atoms with Crippen molar-refractivity contribution in [3.63, 3.8) is 0 Å². The smallest absolute Gasteiger partial charge is 0.244 e. The highest BCUT2D eigenvalue weighted by Gasteiger charge is 2.45. The van der Waals surface area contributed by atoms with Gasteiger partial charge < -0.3 is 9.26 Å². The fourth-order valence-electron chi connectivity index (χ4n) is 3.69. The topological polar surface area (TPSA) is 98.4 Å². The fourth-order valence-corrected chi connectivity index (χ4v) is 5.22. The van der Waals surface area contributed by atoms with Crippen LogP contribution in [-0.4, -0.2) is 54.7 Å². The van der Waals surface area contributed by atoms with Crippen molar-refractivity contribution >= 4 is 10.0 Å². The van der Waals surface area contributed by atoms with Crippen LogP contribution in [0, 0.1) is 0 Å². The monoisotopic (exact) mass is 392 g/mol. The number of aromatic nitrogens is 3. The van der Waals surface area contributed by atoms with Gasteiger partial charge in [-0.05, 0) is 44.2 Å². The molecule has 0 bridgehead atoms. The second-order valence-electron chi connectivity index (χ2n) is 7.38. The molecule has 1 saturated carbocycles. The minimum absolute atomic E-state index is 0.208. The minimum Gasteiger partial charge on any atom is -0.385 e. The van der Waals surface area contributed by atoms with Gasteiger partial charge in [0.2, 0.25) is 15.9 Å². The SMILES string of the molecule is COCCC1(c2noc(C3CC3)n2)CCCN(S(=O)(=O)c2cccnc2)C1. The molecule has 27 heavy (non-hydrogen) atoms. The molecule has 3 heterocycles. The number of ether oxygens (including phenoxy) is 1. The van der Waals surface area contributed by atoms with Crippen LogP contribution < -0.4 is 0 Å². The number of hydrogen-bond donors (Lipinski definition) is 0. The molecular formula is C18H24N4O4S. The average molecular weight is 392 g/mol. The van der Waals surface area contributed by atoms with Crippen LogP contribution in [0.5, 0.6) is 0 Å². The van der Waals surface area contributed by atoms with Crippen LogP contribution in [-0.2, 0) is 20.2 Å². The number of nitrogens with zero attached hydrogens (tertiary/aromatic N) is 4. The third-order valence-electron chi connectivity index (χ3n) is 5.44. The molecule has 0 aromatic carbocycles. The summed E-state index contributed by atoms with van der Waals surface area (Å²) in [6.45, 7) is 1.30. The molecule has 2 aromatic heterocycles. The number of pyridine rings is 1. The first-order chi connectivity index (χ1) is 13.0. The quantitative estimate of drug-likeness (QED) is 0.711. The molecule has 0 N–H and O–H groups in total. The lowest BCUT2D eigenvalue weighted by Crippen LogP contribution is -2.49. The Morgan fingerprint density at radius 2 is 2.26 bits per heavy atom. The second kappa shape index (κ2) is 7.29. The normalized spacial score (nSPS) is 24.2. The number of hydrogen-bond acceptors (Lipinski definition) is 7. The van der Waals surface area contributed by atoms with E-state index in [-0.39, 0.29) is 4.90 Å². The molecule has 9 heteroatoms. The molecule has 0 spiro atoms. The molecule has 4 rings (SSSR count). The Kier molecular flexibility index (Phi) is 5.00. The predicted molar refractivity (Wildman–Crippen MR) is 96.7 cm³/mol. The Labute approximate surface area is 159 Å². The van der Waals surface area contributed by atoms with Gasteiger partial charge in [0.05, 0.1) is 0 Å². The lowest BCUT2D eigenvalue weighted by atomic mass is 9.77. The van der Waals surface area contributed by atoms with Crippen LogP contribution in [0.15, 0.2) is 33.9 Å². The maximum absolute atomic E-state index is 13.1. The van der Waals surface area contributed by atoms with Crippen LogP contribution in [0.25, 0.3) is 0 Å². The van der Waals surface area contributed by atoms with E-state index >= 15 is 0 Å². The Bertz CT molecular complexity index is 882. The first-order valence-corrected chi connectivity index (χ1v) is 10.7. The van der Waals surface area contributed by atoms with E-state index in [1.54, 1.807) is 25.4 Å². The maximum atomic E-state index is 13.1. The third-order valence-corrected chi connectivity index (χ3v) is 7.27. The van der Waals surface area contributed by atoms with E-state index in [9.17, 15) is 8.42 Å². The molecule has 1 aliphatic heterocycles. The Morgan fingerprint density at radius 1 is 1.41 bits per heavy atom. The number of rotatable bonds is 7. The first kappa shape index (κ1) is 18.5. The Morgan fingerprint density at radius 3 is 2.96 bits per heavy atom. The van der Waals surface area contributed by atoms with Crippen LogP contribution in [0.2, 0.25) is 0 Å². The molecule has 2 aromatic rings. The van der Waals surface area contributed by atoms with Crippen molar-refractivity contribution in [2.24, 2.45) is 0 Å². The van der Waals surface area contributed by atoms with Crippen molar-refractivity contribution in [1.29, 1.82) is 0 Å². The summed E-state index contributed by atoms with van der Waals surface area (Å²) >= 11 is 0. The largest absolute Gasteiger partial charge is 0.385 e. The molecule has 8 nitrogen and oxygen atoms in total. The first-order valence-electron chi connectivity index (χ1n) is 9.28. The standard InChI is InChI=1S/C18H24N4O4S/c1-25-11-8-18(17-20-16(26-21-17)14-5-6-14)7-3-10-22(13-18)27(23,24)15-4-2-9-19-12-15/h2,4,9,12,14H,3,5-8,10-11,13H2,1H3. The van der Waals surface area contributed by atoms with E-state index in [1.807, 2.05) is 0 Å². The van der Waals surface area contributed by atoms with Crippen molar-refractivity contribution in [3.05, 3.63) is 36.2 Å². The molecule has 1 atom stereocenters. The van der Waals surface area contributed by atoms with Crippen molar-refractivity contribution in [3.8, 4) is 0 Å². The molecule has 0 amide bonds. The van der Waals surface area contributed by atoms with Crippen molar-refractivity contribution in [2.45, 2.75) is 48.3 Å². The van der Waals surface area contributed by atoms with E-state index in [1.165, 1.54) is 10.5 Å². The summed E-state index contributed by atoms with van der Waals surface area (Å²) in [6.07, 6.45) is 7.29. The van der Waals surface area contributed by atoms with Gasteiger partial charge in [0.25, 0.3) is 0 Å². The zero-order valence-corrected chi connectivity index (χ0v) is 16.2. The highest BCUT2D eigenvalue weighted by atomic mass is 32.2. The molecule has 1 aliphatic carbocycles. The van der Waals surface area contributed by atoms with Crippen molar-refractivity contribution in [2.75, 3.05) is 26.8 Å². The minimum atomic E-state index is -3.62. The molecule has 146 valence electrons. The highest BCUT2D eigenvalue weighted by Crippen LogP contribution is 2.42. The van der Waals surface area contributed by atoms with Crippen molar-refractivity contribution < 1.29 is 17.7 Å². The highest BCUT2D eigenvalue weighted by molar-refractivity contribution is 7.89. The Balaban J connectivity index is 1.65. The Hall–Kier alpha value is -1.84. The number of piperidine rings is 1. The lowest BCUT2D eigenvalue weighted by Gasteiger charge is -2.40. The average Bonchev–Trinajstić information content (AvgIpc) is 3.43. The van der Waals surface area contributed by atoms with Gasteiger partial charge in [-0.15, -0.1) is 0 Å². The third kappa shape index (κ3) is 3.63. The van der Waals surface area contributed by atoms with Gasteiger partial charge in [0.15, 0.2) is 5.82 Å². The van der Waals surface area contributed by atoms with Gasteiger partial charge >= 0.3 is 0 Å². The predicted octanol–water partition coefficient (Wildman–Crippen LogP) is 2.10. The van der Waals surface area contributed by atoms with E-state index in [0.29, 0.717) is 43.8 Å².